The van der Waals surface area contributed by atoms with E-state index in [0.717, 1.165) is 31.0 Å². The molecule has 2 aromatic carbocycles. The second-order valence-corrected chi connectivity index (χ2v) is 6.38. The summed E-state index contributed by atoms with van der Waals surface area (Å²) in [6, 6.07) is 15.0. The lowest BCUT2D eigenvalue weighted by molar-refractivity contribution is 0.171. The molecule has 4 nitrogen and oxygen atoms in total. The van der Waals surface area contributed by atoms with Crippen molar-refractivity contribution >= 4 is 5.69 Å². The SMILES string of the molecule is CCN(CC)c1ccc(CC(CN)c2ccc3c(c2)OCCO3)cc1. The molecule has 2 N–H and O–H groups in total. The van der Waals surface area contributed by atoms with E-state index in [9.17, 15) is 0 Å². The quantitative estimate of drug-likeness (QED) is 0.837. The Labute approximate surface area is 150 Å². The van der Waals surface area contributed by atoms with Crippen LogP contribution in [0.5, 0.6) is 11.5 Å². The third-order valence-electron chi connectivity index (χ3n) is 4.87. The summed E-state index contributed by atoms with van der Waals surface area (Å²) in [7, 11) is 0. The minimum atomic E-state index is 0.273. The molecule has 0 bridgehead atoms. The molecule has 2 aromatic rings. The fourth-order valence-corrected chi connectivity index (χ4v) is 3.37. The fourth-order valence-electron chi connectivity index (χ4n) is 3.37. The molecule has 1 unspecified atom stereocenters. The number of hydrogen-bond donors (Lipinski definition) is 1. The van der Waals surface area contributed by atoms with Gasteiger partial charge in [0.1, 0.15) is 13.2 Å². The van der Waals surface area contributed by atoms with Crippen LogP contribution in [0.25, 0.3) is 0 Å². The van der Waals surface area contributed by atoms with Gasteiger partial charge in [0.15, 0.2) is 11.5 Å². The van der Waals surface area contributed by atoms with Gasteiger partial charge < -0.3 is 20.1 Å². The van der Waals surface area contributed by atoms with Crippen LogP contribution in [0.3, 0.4) is 0 Å². The summed E-state index contributed by atoms with van der Waals surface area (Å²) in [6.07, 6.45) is 0.925. The summed E-state index contributed by atoms with van der Waals surface area (Å²) < 4.78 is 11.3. The summed E-state index contributed by atoms with van der Waals surface area (Å²) in [5.74, 6) is 1.93. The van der Waals surface area contributed by atoms with Gasteiger partial charge in [-0.05, 0) is 62.2 Å². The summed E-state index contributed by atoms with van der Waals surface area (Å²) in [4.78, 5) is 2.35. The van der Waals surface area contributed by atoms with E-state index in [4.69, 9.17) is 15.2 Å². The Morgan fingerprint density at radius 1 is 0.960 bits per heavy atom. The molecule has 0 fully saturated rings. The lowest BCUT2D eigenvalue weighted by Crippen LogP contribution is -2.21. The van der Waals surface area contributed by atoms with Crippen LogP contribution in [0.15, 0.2) is 42.5 Å². The second kappa shape index (κ2) is 8.26. The number of rotatable bonds is 7. The van der Waals surface area contributed by atoms with E-state index >= 15 is 0 Å². The summed E-state index contributed by atoms with van der Waals surface area (Å²) in [5, 5.41) is 0. The molecule has 3 rings (SSSR count). The molecule has 134 valence electrons. The van der Waals surface area contributed by atoms with Gasteiger partial charge in [-0.1, -0.05) is 18.2 Å². The summed E-state index contributed by atoms with van der Waals surface area (Å²) >= 11 is 0. The predicted octanol–water partition coefficient (Wildman–Crippen LogP) is 3.59. The van der Waals surface area contributed by atoms with Crippen molar-refractivity contribution in [3.8, 4) is 11.5 Å². The van der Waals surface area contributed by atoms with Gasteiger partial charge in [0.05, 0.1) is 0 Å². The average molecular weight is 340 g/mol. The molecule has 0 spiro atoms. The number of fused-ring (bicyclic) bond motifs is 1. The van der Waals surface area contributed by atoms with Crippen molar-refractivity contribution in [3.63, 3.8) is 0 Å². The zero-order valence-corrected chi connectivity index (χ0v) is 15.2. The predicted molar refractivity (Wildman–Crippen MR) is 103 cm³/mol. The number of hydrogen-bond acceptors (Lipinski definition) is 4. The Balaban J connectivity index is 1.74. The van der Waals surface area contributed by atoms with Crippen molar-refractivity contribution < 1.29 is 9.47 Å². The molecular formula is C21H28N2O2. The first-order valence-electron chi connectivity index (χ1n) is 9.18. The van der Waals surface area contributed by atoms with Gasteiger partial charge in [-0.25, -0.2) is 0 Å². The summed E-state index contributed by atoms with van der Waals surface area (Å²) in [6.45, 7) is 8.25. The fraction of sp³-hybridized carbons (Fsp3) is 0.429. The normalized spacial score (nSPS) is 14.2. The van der Waals surface area contributed by atoms with Crippen LogP contribution >= 0.6 is 0 Å². The maximum absolute atomic E-state index is 6.07. The first-order valence-corrected chi connectivity index (χ1v) is 9.18. The molecule has 0 aromatic heterocycles. The van der Waals surface area contributed by atoms with Crippen molar-refractivity contribution in [3.05, 3.63) is 53.6 Å². The molecule has 0 amide bonds. The average Bonchev–Trinajstić information content (AvgIpc) is 2.68. The molecule has 1 aliphatic heterocycles. The minimum absolute atomic E-state index is 0.273. The molecule has 1 aliphatic rings. The van der Waals surface area contributed by atoms with Gasteiger partial charge in [0.2, 0.25) is 0 Å². The smallest absolute Gasteiger partial charge is 0.161 e. The number of nitrogens with zero attached hydrogens (tertiary/aromatic N) is 1. The number of benzene rings is 2. The molecule has 4 heteroatoms. The molecule has 0 radical (unpaired) electrons. The Morgan fingerprint density at radius 3 is 2.28 bits per heavy atom. The highest BCUT2D eigenvalue weighted by Gasteiger charge is 2.17. The van der Waals surface area contributed by atoms with E-state index in [2.05, 4.69) is 55.1 Å². The van der Waals surface area contributed by atoms with Crippen LogP contribution in [0, 0.1) is 0 Å². The van der Waals surface area contributed by atoms with Crippen molar-refractivity contribution in [1.29, 1.82) is 0 Å². The third-order valence-corrected chi connectivity index (χ3v) is 4.87. The molecule has 0 saturated carbocycles. The van der Waals surface area contributed by atoms with E-state index in [-0.39, 0.29) is 5.92 Å². The Morgan fingerprint density at radius 2 is 1.64 bits per heavy atom. The highest BCUT2D eigenvalue weighted by Crippen LogP contribution is 2.34. The Kier molecular flexibility index (Phi) is 5.82. The van der Waals surface area contributed by atoms with E-state index in [1.165, 1.54) is 16.8 Å². The molecule has 25 heavy (non-hydrogen) atoms. The molecule has 1 heterocycles. The van der Waals surface area contributed by atoms with Crippen LogP contribution in [0.1, 0.15) is 30.9 Å². The van der Waals surface area contributed by atoms with Crippen LogP contribution in [-0.4, -0.2) is 32.8 Å². The van der Waals surface area contributed by atoms with Gasteiger partial charge in [0, 0.05) is 24.7 Å². The number of ether oxygens (including phenoxy) is 2. The monoisotopic (exact) mass is 340 g/mol. The van der Waals surface area contributed by atoms with Crippen LogP contribution in [0.2, 0.25) is 0 Å². The van der Waals surface area contributed by atoms with E-state index in [0.29, 0.717) is 19.8 Å². The van der Waals surface area contributed by atoms with Gasteiger partial charge in [-0.3, -0.25) is 0 Å². The third kappa shape index (κ3) is 4.07. The molecule has 0 aliphatic carbocycles. The highest BCUT2D eigenvalue weighted by molar-refractivity contribution is 5.48. The zero-order chi connectivity index (χ0) is 17.6. The van der Waals surface area contributed by atoms with Gasteiger partial charge in [-0.15, -0.1) is 0 Å². The number of nitrogens with two attached hydrogens (primary N) is 1. The van der Waals surface area contributed by atoms with Crippen molar-refractivity contribution in [2.75, 3.05) is 37.7 Å². The van der Waals surface area contributed by atoms with Crippen molar-refractivity contribution in [1.82, 2.24) is 0 Å². The van der Waals surface area contributed by atoms with Crippen LogP contribution in [0.4, 0.5) is 5.69 Å². The lowest BCUT2D eigenvalue weighted by Gasteiger charge is -2.23. The topological polar surface area (TPSA) is 47.7 Å². The summed E-state index contributed by atoms with van der Waals surface area (Å²) in [5.41, 5.74) is 9.86. The van der Waals surface area contributed by atoms with Crippen molar-refractivity contribution in [2.24, 2.45) is 5.73 Å². The van der Waals surface area contributed by atoms with E-state index in [1.54, 1.807) is 0 Å². The minimum Gasteiger partial charge on any atom is -0.486 e. The second-order valence-electron chi connectivity index (χ2n) is 6.38. The lowest BCUT2D eigenvalue weighted by atomic mass is 9.91. The largest absolute Gasteiger partial charge is 0.486 e. The van der Waals surface area contributed by atoms with Crippen LogP contribution in [-0.2, 0) is 6.42 Å². The van der Waals surface area contributed by atoms with E-state index in [1.807, 2.05) is 6.07 Å². The highest BCUT2D eigenvalue weighted by atomic mass is 16.6. The van der Waals surface area contributed by atoms with Crippen LogP contribution < -0.4 is 20.1 Å². The van der Waals surface area contributed by atoms with Gasteiger partial charge in [0.25, 0.3) is 0 Å². The van der Waals surface area contributed by atoms with Gasteiger partial charge in [-0.2, -0.15) is 0 Å². The molecule has 1 atom stereocenters. The maximum atomic E-state index is 6.07. The standard InChI is InChI=1S/C21H28N2O2/c1-3-23(4-2)19-8-5-16(6-9-19)13-18(15-22)17-7-10-20-21(14-17)25-12-11-24-20/h5-10,14,18H,3-4,11-13,15,22H2,1-2H3. The number of anilines is 1. The first kappa shape index (κ1) is 17.6. The molecular weight excluding hydrogens is 312 g/mol. The Bertz CT molecular complexity index is 681. The van der Waals surface area contributed by atoms with Gasteiger partial charge >= 0.3 is 0 Å². The molecule has 0 saturated heterocycles. The first-order chi connectivity index (χ1) is 12.2. The maximum Gasteiger partial charge on any atom is 0.161 e. The Hall–Kier alpha value is -2.20. The zero-order valence-electron chi connectivity index (χ0n) is 15.2. The van der Waals surface area contributed by atoms with Crippen molar-refractivity contribution in [2.45, 2.75) is 26.2 Å². The van der Waals surface area contributed by atoms with E-state index < -0.39 is 0 Å².